The fourth-order valence-electron chi connectivity index (χ4n) is 3.60. The molecule has 1 atom stereocenters. The minimum absolute atomic E-state index is 0.0700. The van der Waals surface area contributed by atoms with Gasteiger partial charge < -0.3 is 10.2 Å². The Bertz CT molecular complexity index is 485. The van der Waals surface area contributed by atoms with E-state index in [0.717, 1.165) is 18.1 Å². The summed E-state index contributed by atoms with van der Waals surface area (Å²) in [5.74, 6) is 0.561. The van der Waals surface area contributed by atoms with E-state index < -0.39 is 0 Å². The highest BCUT2D eigenvalue weighted by Crippen LogP contribution is 2.39. The van der Waals surface area contributed by atoms with Gasteiger partial charge in [-0.15, -0.1) is 0 Å². The third kappa shape index (κ3) is 2.78. The van der Waals surface area contributed by atoms with E-state index in [-0.39, 0.29) is 12.1 Å². The first-order valence-electron chi connectivity index (χ1n) is 7.55. The molecular formula is C16H21ClN2O. The summed E-state index contributed by atoms with van der Waals surface area (Å²) < 4.78 is 0. The summed E-state index contributed by atoms with van der Waals surface area (Å²) >= 11 is 6.15. The number of nitrogens with zero attached hydrogens (tertiary/aromatic N) is 1. The summed E-state index contributed by atoms with van der Waals surface area (Å²) in [6.45, 7) is 1.55. The van der Waals surface area contributed by atoms with Crippen LogP contribution in [-0.2, 0) is 0 Å². The van der Waals surface area contributed by atoms with E-state index in [2.05, 4.69) is 11.4 Å². The van der Waals surface area contributed by atoms with Crippen LogP contribution in [0, 0.1) is 5.92 Å². The van der Waals surface area contributed by atoms with Crippen molar-refractivity contribution in [2.45, 2.75) is 38.1 Å². The molecule has 1 heterocycles. The standard InChI is InChI=1S/C16H21ClN2O/c17-14-8-4-7-13(11-14)15(12-5-2-1-3-6-12)19-10-9-18-16(19)20/h4,7-8,11-12,15H,1-3,5-6,9-10H2,(H,18,20). The van der Waals surface area contributed by atoms with Crippen LogP contribution >= 0.6 is 11.6 Å². The third-order valence-electron chi connectivity index (χ3n) is 4.51. The van der Waals surface area contributed by atoms with Crippen LogP contribution < -0.4 is 5.32 Å². The lowest BCUT2D eigenvalue weighted by atomic mass is 9.80. The van der Waals surface area contributed by atoms with E-state index in [1.54, 1.807) is 0 Å². The van der Waals surface area contributed by atoms with Gasteiger partial charge in [0.15, 0.2) is 0 Å². The molecule has 1 aliphatic carbocycles. The van der Waals surface area contributed by atoms with E-state index in [0.29, 0.717) is 5.92 Å². The molecular weight excluding hydrogens is 272 g/mol. The second-order valence-electron chi connectivity index (χ2n) is 5.82. The molecule has 2 aliphatic rings. The SMILES string of the molecule is O=C1NCCN1C(c1cccc(Cl)c1)C1CCCCC1. The van der Waals surface area contributed by atoms with Crippen molar-refractivity contribution in [2.24, 2.45) is 5.92 Å². The van der Waals surface area contributed by atoms with Gasteiger partial charge in [-0.1, -0.05) is 43.0 Å². The molecule has 3 rings (SSSR count). The van der Waals surface area contributed by atoms with E-state index in [1.165, 1.54) is 37.7 Å². The second-order valence-corrected chi connectivity index (χ2v) is 6.26. The van der Waals surface area contributed by atoms with Crippen molar-refractivity contribution in [1.82, 2.24) is 10.2 Å². The van der Waals surface area contributed by atoms with Crippen LogP contribution in [0.1, 0.15) is 43.7 Å². The van der Waals surface area contributed by atoms with Gasteiger partial charge in [0, 0.05) is 18.1 Å². The second kappa shape index (κ2) is 6.04. The lowest BCUT2D eigenvalue weighted by molar-refractivity contribution is 0.151. The summed E-state index contributed by atoms with van der Waals surface area (Å²) in [4.78, 5) is 14.1. The van der Waals surface area contributed by atoms with Gasteiger partial charge in [-0.3, -0.25) is 0 Å². The van der Waals surface area contributed by atoms with Crippen molar-refractivity contribution >= 4 is 17.6 Å². The number of urea groups is 1. The normalized spacial score (nSPS) is 21.9. The van der Waals surface area contributed by atoms with Gasteiger partial charge in [0.2, 0.25) is 0 Å². The maximum atomic E-state index is 12.1. The Balaban J connectivity index is 1.91. The van der Waals surface area contributed by atoms with Crippen molar-refractivity contribution in [3.63, 3.8) is 0 Å². The molecule has 4 heteroatoms. The predicted molar refractivity (Wildman–Crippen MR) is 80.9 cm³/mol. The van der Waals surface area contributed by atoms with Crippen LogP contribution in [0.4, 0.5) is 4.79 Å². The molecule has 1 N–H and O–H groups in total. The van der Waals surface area contributed by atoms with Crippen LogP contribution in [-0.4, -0.2) is 24.0 Å². The van der Waals surface area contributed by atoms with Crippen molar-refractivity contribution in [2.75, 3.05) is 13.1 Å². The van der Waals surface area contributed by atoms with E-state index in [1.807, 2.05) is 23.1 Å². The van der Waals surface area contributed by atoms with Crippen molar-refractivity contribution in [3.8, 4) is 0 Å². The summed E-state index contributed by atoms with van der Waals surface area (Å²) in [6.07, 6.45) is 6.29. The van der Waals surface area contributed by atoms with Gasteiger partial charge in [-0.25, -0.2) is 4.79 Å². The molecule has 0 bridgehead atoms. The number of halogens is 1. The van der Waals surface area contributed by atoms with Gasteiger partial charge in [0.1, 0.15) is 0 Å². The largest absolute Gasteiger partial charge is 0.336 e. The Labute approximate surface area is 125 Å². The lowest BCUT2D eigenvalue weighted by Gasteiger charge is -2.36. The highest BCUT2D eigenvalue weighted by molar-refractivity contribution is 6.30. The number of benzene rings is 1. The van der Waals surface area contributed by atoms with Gasteiger partial charge in [0.25, 0.3) is 0 Å². The number of nitrogens with one attached hydrogen (secondary N) is 1. The minimum atomic E-state index is 0.0700. The third-order valence-corrected chi connectivity index (χ3v) is 4.75. The van der Waals surface area contributed by atoms with Gasteiger partial charge >= 0.3 is 6.03 Å². The van der Waals surface area contributed by atoms with Gasteiger partial charge in [-0.05, 0) is 36.5 Å². The quantitative estimate of drug-likeness (QED) is 0.898. The fourth-order valence-corrected chi connectivity index (χ4v) is 3.80. The molecule has 2 fully saturated rings. The molecule has 0 aromatic heterocycles. The lowest BCUT2D eigenvalue weighted by Crippen LogP contribution is -2.37. The molecule has 1 saturated carbocycles. The number of hydrogen-bond donors (Lipinski definition) is 1. The zero-order valence-electron chi connectivity index (χ0n) is 11.6. The highest BCUT2D eigenvalue weighted by Gasteiger charge is 2.35. The first-order chi connectivity index (χ1) is 9.75. The molecule has 1 saturated heterocycles. The predicted octanol–water partition coefficient (Wildman–Crippen LogP) is 3.99. The van der Waals surface area contributed by atoms with E-state index in [9.17, 15) is 4.79 Å². The van der Waals surface area contributed by atoms with Crippen LogP contribution in [0.3, 0.4) is 0 Å². The molecule has 1 aromatic carbocycles. The molecule has 3 nitrogen and oxygen atoms in total. The highest BCUT2D eigenvalue weighted by atomic mass is 35.5. The van der Waals surface area contributed by atoms with Gasteiger partial charge in [0.05, 0.1) is 6.04 Å². The Morgan fingerprint density at radius 2 is 2.05 bits per heavy atom. The Morgan fingerprint density at radius 3 is 2.70 bits per heavy atom. The summed E-state index contributed by atoms with van der Waals surface area (Å²) in [5, 5.41) is 3.68. The number of carbonyl (C=O) groups is 1. The zero-order valence-corrected chi connectivity index (χ0v) is 12.4. The molecule has 1 aliphatic heterocycles. The van der Waals surface area contributed by atoms with Crippen molar-refractivity contribution in [3.05, 3.63) is 34.9 Å². The maximum absolute atomic E-state index is 12.1. The Hall–Kier alpha value is -1.22. The van der Waals surface area contributed by atoms with Crippen LogP contribution in [0.2, 0.25) is 5.02 Å². The van der Waals surface area contributed by atoms with Crippen LogP contribution in [0.5, 0.6) is 0 Å². The minimum Gasteiger partial charge on any atom is -0.336 e. The Morgan fingerprint density at radius 1 is 1.25 bits per heavy atom. The van der Waals surface area contributed by atoms with Crippen LogP contribution in [0.15, 0.2) is 24.3 Å². The van der Waals surface area contributed by atoms with Crippen molar-refractivity contribution in [1.29, 1.82) is 0 Å². The monoisotopic (exact) mass is 292 g/mol. The first-order valence-corrected chi connectivity index (χ1v) is 7.93. The summed E-state index contributed by atoms with van der Waals surface area (Å²) in [5.41, 5.74) is 1.18. The van der Waals surface area contributed by atoms with E-state index >= 15 is 0 Å². The number of rotatable bonds is 3. The topological polar surface area (TPSA) is 32.3 Å². The zero-order chi connectivity index (χ0) is 13.9. The number of carbonyl (C=O) groups excluding carboxylic acids is 1. The average molecular weight is 293 g/mol. The van der Waals surface area contributed by atoms with E-state index in [4.69, 9.17) is 11.6 Å². The molecule has 108 valence electrons. The molecule has 1 aromatic rings. The summed E-state index contributed by atoms with van der Waals surface area (Å²) in [6, 6.07) is 8.26. The first kappa shape index (κ1) is 13.7. The Kier molecular flexibility index (Phi) is 4.16. The molecule has 1 unspecified atom stereocenters. The average Bonchev–Trinajstić information content (AvgIpc) is 2.87. The van der Waals surface area contributed by atoms with Crippen LogP contribution in [0.25, 0.3) is 0 Å². The summed E-state index contributed by atoms with van der Waals surface area (Å²) in [7, 11) is 0. The van der Waals surface area contributed by atoms with Crippen molar-refractivity contribution < 1.29 is 4.79 Å². The maximum Gasteiger partial charge on any atom is 0.318 e. The fraction of sp³-hybridized carbons (Fsp3) is 0.562. The molecule has 2 amide bonds. The number of hydrogen-bond acceptors (Lipinski definition) is 1. The number of amides is 2. The molecule has 0 spiro atoms. The molecule has 20 heavy (non-hydrogen) atoms. The molecule has 0 radical (unpaired) electrons. The smallest absolute Gasteiger partial charge is 0.318 e. The van der Waals surface area contributed by atoms with Gasteiger partial charge in [-0.2, -0.15) is 0 Å².